The Morgan fingerprint density at radius 3 is 3.05 bits per heavy atom. The van der Waals surface area contributed by atoms with Gasteiger partial charge in [-0.15, -0.1) is 0 Å². The molecule has 2 aromatic rings. The lowest BCUT2D eigenvalue weighted by Gasteiger charge is -2.14. The van der Waals surface area contributed by atoms with E-state index >= 15 is 0 Å². The molecular formula is C17H20N2O. The lowest BCUT2D eigenvalue weighted by atomic mass is 9.97. The highest BCUT2D eigenvalue weighted by molar-refractivity contribution is 5.70. The Morgan fingerprint density at radius 2 is 2.25 bits per heavy atom. The van der Waals surface area contributed by atoms with E-state index in [2.05, 4.69) is 41.5 Å². The monoisotopic (exact) mass is 268 g/mol. The average Bonchev–Trinajstić information content (AvgIpc) is 2.91. The normalized spacial score (nSPS) is 17.0. The van der Waals surface area contributed by atoms with Crippen LogP contribution in [0.25, 0.3) is 11.1 Å². The first-order chi connectivity index (χ1) is 9.83. The van der Waals surface area contributed by atoms with Crippen LogP contribution in [0.3, 0.4) is 0 Å². The highest BCUT2D eigenvalue weighted by Gasteiger charge is 2.24. The minimum Gasteiger partial charge on any atom is -0.495 e. The van der Waals surface area contributed by atoms with Crippen LogP contribution in [0.5, 0.6) is 5.75 Å². The lowest BCUT2D eigenvalue weighted by molar-refractivity contribution is 0.413. The molecule has 1 aromatic carbocycles. The second-order valence-electron chi connectivity index (χ2n) is 5.14. The minimum atomic E-state index is 0.494. The maximum absolute atomic E-state index is 5.28. The smallest absolute Gasteiger partial charge is 0.137 e. The van der Waals surface area contributed by atoms with E-state index in [1.807, 2.05) is 6.20 Å². The number of nitrogens with zero attached hydrogens (tertiary/aromatic N) is 1. The fraction of sp³-hybridized carbons (Fsp3) is 0.353. The molecule has 0 spiro atoms. The van der Waals surface area contributed by atoms with Crippen molar-refractivity contribution in [1.82, 2.24) is 10.3 Å². The van der Waals surface area contributed by atoms with Crippen LogP contribution in [-0.4, -0.2) is 18.6 Å². The first-order valence-electron chi connectivity index (χ1n) is 7.18. The number of methoxy groups -OCH3 is 1. The zero-order valence-electron chi connectivity index (χ0n) is 12.0. The van der Waals surface area contributed by atoms with Crippen LogP contribution in [0.1, 0.15) is 30.5 Å². The molecule has 0 aliphatic heterocycles. The Morgan fingerprint density at radius 1 is 1.35 bits per heavy atom. The second-order valence-corrected chi connectivity index (χ2v) is 5.14. The Kier molecular flexibility index (Phi) is 3.70. The summed E-state index contributed by atoms with van der Waals surface area (Å²) in [6.07, 6.45) is 5.96. The van der Waals surface area contributed by atoms with Gasteiger partial charge in [0.05, 0.1) is 13.3 Å². The molecule has 0 amide bonds. The Hall–Kier alpha value is -1.87. The molecule has 3 heteroatoms. The van der Waals surface area contributed by atoms with Crippen LogP contribution < -0.4 is 10.1 Å². The van der Waals surface area contributed by atoms with E-state index in [9.17, 15) is 0 Å². The van der Waals surface area contributed by atoms with Crippen molar-refractivity contribution in [2.24, 2.45) is 0 Å². The van der Waals surface area contributed by atoms with Gasteiger partial charge < -0.3 is 10.1 Å². The molecule has 0 radical (unpaired) electrons. The molecule has 0 fully saturated rings. The number of benzene rings is 1. The third-order valence-electron chi connectivity index (χ3n) is 3.98. The van der Waals surface area contributed by atoms with E-state index in [1.165, 1.54) is 23.1 Å². The summed E-state index contributed by atoms with van der Waals surface area (Å²) < 4.78 is 5.28. The van der Waals surface area contributed by atoms with E-state index in [-0.39, 0.29) is 0 Å². The second kappa shape index (κ2) is 5.63. The molecule has 1 unspecified atom stereocenters. The van der Waals surface area contributed by atoms with Crippen molar-refractivity contribution < 1.29 is 4.74 Å². The van der Waals surface area contributed by atoms with Gasteiger partial charge in [-0.25, -0.2) is 0 Å². The van der Waals surface area contributed by atoms with Crippen LogP contribution in [-0.2, 0) is 6.42 Å². The summed E-state index contributed by atoms with van der Waals surface area (Å²) in [4.78, 5) is 4.27. The number of rotatable bonds is 4. The maximum Gasteiger partial charge on any atom is 0.137 e. The number of ether oxygens (including phenoxy) is 1. The molecule has 3 rings (SSSR count). The molecule has 3 nitrogen and oxygen atoms in total. The molecule has 1 aromatic heterocycles. The minimum absolute atomic E-state index is 0.494. The predicted molar refractivity (Wildman–Crippen MR) is 81.0 cm³/mol. The summed E-state index contributed by atoms with van der Waals surface area (Å²) >= 11 is 0. The Bertz CT molecular complexity index is 610. The molecule has 0 saturated carbocycles. The largest absolute Gasteiger partial charge is 0.495 e. The first-order valence-corrected chi connectivity index (χ1v) is 7.18. The van der Waals surface area contributed by atoms with Gasteiger partial charge in [0.15, 0.2) is 0 Å². The number of nitrogens with one attached hydrogen (secondary N) is 1. The highest BCUT2D eigenvalue weighted by atomic mass is 16.5. The number of aromatic nitrogens is 1. The highest BCUT2D eigenvalue weighted by Crippen LogP contribution is 2.38. The molecule has 1 aliphatic rings. The lowest BCUT2D eigenvalue weighted by Crippen LogP contribution is -2.18. The summed E-state index contributed by atoms with van der Waals surface area (Å²) in [5.74, 6) is 0.807. The molecule has 1 N–H and O–H groups in total. The van der Waals surface area contributed by atoms with Gasteiger partial charge in [0.25, 0.3) is 0 Å². The SMILES string of the molecule is CCNC1CCc2c(-c3cncc(OC)c3)cccc21. The third kappa shape index (κ3) is 2.29. The number of hydrogen-bond acceptors (Lipinski definition) is 3. The van der Waals surface area contributed by atoms with E-state index in [4.69, 9.17) is 4.74 Å². The molecule has 20 heavy (non-hydrogen) atoms. The molecule has 0 saturated heterocycles. The van der Waals surface area contributed by atoms with Crippen molar-refractivity contribution >= 4 is 0 Å². The quantitative estimate of drug-likeness (QED) is 0.923. The van der Waals surface area contributed by atoms with Crippen molar-refractivity contribution in [3.63, 3.8) is 0 Å². The molecule has 0 bridgehead atoms. The van der Waals surface area contributed by atoms with Gasteiger partial charge in [0.1, 0.15) is 5.75 Å². The Balaban J connectivity index is 2.03. The standard InChI is InChI=1S/C17H20N2O/c1-3-19-17-8-7-15-14(5-4-6-16(15)17)12-9-13(20-2)11-18-10-12/h4-6,9-11,17,19H,3,7-8H2,1-2H3. The first kappa shape index (κ1) is 13.1. The predicted octanol–water partition coefficient (Wildman–Crippen LogP) is 3.35. The molecule has 104 valence electrons. The fourth-order valence-corrected chi connectivity index (χ4v) is 3.06. The third-order valence-corrected chi connectivity index (χ3v) is 3.98. The van der Waals surface area contributed by atoms with Gasteiger partial charge >= 0.3 is 0 Å². The maximum atomic E-state index is 5.28. The van der Waals surface area contributed by atoms with Crippen molar-refractivity contribution in [3.05, 3.63) is 47.8 Å². The number of hydrogen-bond donors (Lipinski definition) is 1. The summed E-state index contributed by atoms with van der Waals surface area (Å²) in [5.41, 5.74) is 5.31. The zero-order chi connectivity index (χ0) is 13.9. The topological polar surface area (TPSA) is 34.2 Å². The van der Waals surface area contributed by atoms with Crippen molar-refractivity contribution in [2.75, 3.05) is 13.7 Å². The van der Waals surface area contributed by atoms with Gasteiger partial charge in [0, 0.05) is 17.8 Å². The van der Waals surface area contributed by atoms with Crippen LogP contribution in [0.15, 0.2) is 36.7 Å². The molecular weight excluding hydrogens is 248 g/mol. The van der Waals surface area contributed by atoms with Crippen molar-refractivity contribution in [2.45, 2.75) is 25.8 Å². The molecule has 1 aliphatic carbocycles. The molecule has 1 heterocycles. The van der Waals surface area contributed by atoms with Crippen molar-refractivity contribution in [3.8, 4) is 16.9 Å². The number of fused-ring (bicyclic) bond motifs is 1. The zero-order valence-corrected chi connectivity index (χ0v) is 12.0. The summed E-state index contributed by atoms with van der Waals surface area (Å²) in [6, 6.07) is 9.12. The van der Waals surface area contributed by atoms with E-state index in [0.29, 0.717) is 6.04 Å². The fourth-order valence-electron chi connectivity index (χ4n) is 3.06. The summed E-state index contributed by atoms with van der Waals surface area (Å²) in [5, 5.41) is 3.56. The van der Waals surface area contributed by atoms with Gasteiger partial charge in [-0.05, 0) is 42.1 Å². The van der Waals surface area contributed by atoms with Gasteiger partial charge in [-0.1, -0.05) is 25.1 Å². The Labute approximate surface area is 120 Å². The van der Waals surface area contributed by atoms with Crippen LogP contribution in [0.2, 0.25) is 0 Å². The van der Waals surface area contributed by atoms with Crippen LogP contribution in [0, 0.1) is 0 Å². The van der Waals surface area contributed by atoms with Crippen LogP contribution in [0.4, 0.5) is 0 Å². The van der Waals surface area contributed by atoms with Gasteiger partial charge in [-0.3, -0.25) is 4.98 Å². The van der Waals surface area contributed by atoms with Crippen molar-refractivity contribution in [1.29, 1.82) is 0 Å². The number of pyridine rings is 1. The summed E-state index contributed by atoms with van der Waals surface area (Å²) in [6.45, 7) is 3.17. The molecule has 1 atom stereocenters. The van der Waals surface area contributed by atoms with E-state index in [1.54, 1.807) is 13.3 Å². The van der Waals surface area contributed by atoms with E-state index in [0.717, 1.165) is 24.3 Å². The summed E-state index contributed by atoms with van der Waals surface area (Å²) in [7, 11) is 1.68. The van der Waals surface area contributed by atoms with Gasteiger partial charge in [-0.2, -0.15) is 0 Å². The van der Waals surface area contributed by atoms with E-state index < -0.39 is 0 Å². The average molecular weight is 268 g/mol. The van der Waals surface area contributed by atoms with Crippen LogP contribution >= 0.6 is 0 Å². The van der Waals surface area contributed by atoms with Gasteiger partial charge in [0.2, 0.25) is 0 Å².